The highest BCUT2D eigenvalue weighted by atomic mass is 16.4. The van der Waals surface area contributed by atoms with Crippen LogP contribution in [0.2, 0.25) is 0 Å². The van der Waals surface area contributed by atoms with Crippen molar-refractivity contribution in [3.05, 3.63) is 0 Å². The summed E-state index contributed by atoms with van der Waals surface area (Å²) in [4.78, 5) is 60.3. The minimum atomic E-state index is -2.23. The van der Waals surface area contributed by atoms with Gasteiger partial charge in [0, 0.05) is 25.7 Å². The molecule has 8 heteroatoms. The maximum Gasteiger partial charge on any atom is 0.351 e. The van der Waals surface area contributed by atoms with Gasteiger partial charge in [0.15, 0.2) is 0 Å². The molecule has 8 nitrogen and oxygen atoms in total. The SMILES string of the molecule is CCC(C(=O)O)(N1C(=O)CCC1=O)N1C(=O)CCC1=O. The van der Waals surface area contributed by atoms with E-state index in [0.717, 1.165) is 0 Å². The van der Waals surface area contributed by atoms with Crippen molar-refractivity contribution in [2.75, 3.05) is 0 Å². The maximum absolute atomic E-state index is 11.9. The Morgan fingerprint density at radius 3 is 1.45 bits per heavy atom. The monoisotopic (exact) mass is 282 g/mol. The summed E-state index contributed by atoms with van der Waals surface area (Å²) < 4.78 is 0. The van der Waals surface area contributed by atoms with Crippen LogP contribution in [0.4, 0.5) is 0 Å². The third-order valence-electron chi connectivity index (χ3n) is 3.68. The second kappa shape index (κ2) is 4.69. The molecule has 0 aromatic heterocycles. The molecule has 2 rings (SSSR count). The Kier molecular flexibility index (Phi) is 3.33. The van der Waals surface area contributed by atoms with Gasteiger partial charge in [-0.25, -0.2) is 14.6 Å². The summed E-state index contributed by atoms with van der Waals surface area (Å²) in [6.07, 6.45) is -0.667. The molecule has 0 bridgehead atoms. The van der Waals surface area contributed by atoms with Gasteiger partial charge in [-0.15, -0.1) is 0 Å². The van der Waals surface area contributed by atoms with Crippen molar-refractivity contribution in [1.29, 1.82) is 0 Å². The molecule has 0 atom stereocenters. The van der Waals surface area contributed by atoms with E-state index in [1.807, 2.05) is 0 Å². The first kappa shape index (κ1) is 14.2. The summed E-state index contributed by atoms with van der Waals surface area (Å²) >= 11 is 0. The second-order valence-corrected chi connectivity index (χ2v) is 4.72. The van der Waals surface area contributed by atoms with Crippen molar-refractivity contribution in [3.8, 4) is 0 Å². The zero-order valence-corrected chi connectivity index (χ0v) is 10.9. The van der Waals surface area contributed by atoms with E-state index in [0.29, 0.717) is 9.80 Å². The molecule has 1 N–H and O–H groups in total. The predicted molar refractivity (Wildman–Crippen MR) is 62.8 cm³/mol. The van der Waals surface area contributed by atoms with Gasteiger partial charge in [0.1, 0.15) is 0 Å². The van der Waals surface area contributed by atoms with E-state index >= 15 is 0 Å². The average molecular weight is 282 g/mol. The predicted octanol–water partition coefficient (Wildman–Crippen LogP) is -0.525. The number of rotatable bonds is 4. The highest BCUT2D eigenvalue weighted by molar-refractivity contribution is 6.11. The fraction of sp³-hybridized carbons (Fsp3) is 0.583. The maximum atomic E-state index is 11.9. The van der Waals surface area contributed by atoms with Crippen LogP contribution in [0.15, 0.2) is 0 Å². The topological polar surface area (TPSA) is 112 Å². The van der Waals surface area contributed by atoms with Gasteiger partial charge >= 0.3 is 5.97 Å². The molecule has 0 radical (unpaired) electrons. The molecule has 0 aromatic rings. The van der Waals surface area contributed by atoms with E-state index in [4.69, 9.17) is 0 Å². The van der Waals surface area contributed by atoms with Gasteiger partial charge in [-0.3, -0.25) is 19.2 Å². The van der Waals surface area contributed by atoms with Crippen molar-refractivity contribution < 1.29 is 29.1 Å². The summed E-state index contributed by atoms with van der Waals surface area (Å²) in [5.74, 6) is -4.25. The summed E-state index contributed by atoms with van der Waals surface area (Å²) in [7, 11) is 0. The van der Waals surface area contributed by atoms with Crippen LogP contribution in [0.5, 0.6) is 0 Å². The Hall–Kier alpha value is -2.25. The highest BCUT2D eigenvalue weighted by Crippen LogP contribution is 2.34. The Bertz CT molecular complexity index is 458. The molecule has 4 amide bonds. The lowest BCUT2D eigenvalue weighted by molar-refractivity contribution is -0.183. The first-order valence-corrected chi connectivity index (χ1v) is 6.31. The van der Waals surface area contributed by atoms with Crippen LogP contribution in [0.3, 0.4) is 0 Å². The minimum absolute atomic E-state index is 0.107. The van der Waals surface area contributed by atoms with Gasteiger partial charge in [0.05, 0.1) is 0 Å². The molecule has 2 heterocycles. The average Bonchev–Trinajstić information content (AvgIpc) is 2.89. The number of hydrogen-bond acceptors (Lipinski definition) is 5. The summed E-state index contributed by atoms with van der Waals surface area (Å²) in [5, 5.41) is 9.52. The van der Waals surface area contributed by atoms with Gasteiger partial charge in [0.25, 0.3) is 0 Å². The van der Waals surface area contributed by atoms with Crippen molar-refractivity contribution in [3.63, 3.8) is 0 Å². The van der Waals surface area contributed by atoms with Crippen molar-refractivity contribution in [2.24, 2.45) is 0 Å². The number of imide groups is 2. The lowest BCUT2D eigenvalue weighted by Crippen LogP contribution is -2.68. The molecular weight excluding hydrogens is 268 g/mol. The fourth-order valence-electron chi connectivity index (χ4n) is 2.74. The number of carboxylic acids is 1. The molecule has 0 aromatic carbocycles. The molecule has 0 spiro atoms. The molecular formula is C12H14N2O6. The number of likely N-dealkylation sites (tertiary alicyclic amines) is 2. The number of carbonyl (C=O) groups excluding carboxylic acids is 4. The van der Waals surface area contributed by atoms with E-state index in [2.05, 4.69) is 0 Å². The third kappa shape index (κ3) is 1.71. The highest BCUT2D eigenvalue weighted by Gasteiger charge is 2.59. The van der Waals surface area contributed by atoms with Gasteiger partial charge in [0.2, 0.25) is 29.3 Å². The van der Waals surface area contributed by atoms with Crippen LogP contribution in [0, 0.1) is 0 Å². The number of aliphatic carboxylic acids is 1. The van der Waals surface area contributed by atoms with Gasteiger partial charge in [-0.1, -0.05) is 6.92 Å². The Balaban J connectivity index is 2.59. The molecule has 2 aliphatic rings. The largest absolute Gasteiger partial charge is 0.478 e. The summed E-state index contributed by atoms with van der Waals surface area (Å²) in [5.41, 5.74) is -2.23. The number of carboxylic acid groups (broad SMARTS) is 1. The lowest BCUT2D eigenvalue weighted by Gasteiger charge is -2.41. The number of amides is 4. The molecule has 108 valence electrons. The van der Waals surface area contributed by atoms with Gasteiger partial charge < -0.3 is 5.11 Å². The number of hydrogen-bond donors (Lipinski definition) is 1. The van der Waals surface area contributed by atoms with E-state index in [9.17, 15) is 29.1 Å². The molecule has 2 fully saturated rings. The third-order valence-corrected chi connectivity index (χ3v) is 3.68. The van der Waals surface area contributed by atoms with Crippen LogP contribution in [-0.2, 0) is 24.0 Å². The minimum Gasteiger partial charge on any atom is -0.478 e. The van der Waals surface area contributed by atoms with Crippen LogP contribution in [0.25, 0.3) is 0 Å². The zero-order valence-electron chi connectivity index (χ0n) is 10.9. The van der Waals surface area contributed by atoms with Crippen molar-refractivity contribution in [2.45, 2.75) is 44.7 Å². The molecule has 0 aliphatic carbocycles. The zero-order chi connectivity index (χ0) is 15.1. The molecule has 2 aliphatic heterocycles. The summed E-state index contributed by atoms with van der Waals surface area (Å²) in [6, 6.07) is 0. The summed E-state index contributed by atoms with van der Waals surface area (Å²) in [6.45, 7) is 1.42. The van der Waals surface area contributed by atoms with Crippen LogP contribution in [-0.4, -0.2) is 50.2 Å². The van der Waals surface area contributed by atoms with Crippen molar-refractivity contribution in [1.82, 2.24) is 9.80 Å². The Morgan fingerprint density at radius 1 is 0.950 bits per heavy atom. The number of carbonyl (C=O) groups is 5. The first-order chi connectivity index (χ1) is 9.36. The first-order valence-electron chi connectivity index (χ1n) is 6.31. The lowest BCUT2D eigenvalue weighted by atomic mass is 10.0. The molecule has 0 saturated carbocycles. The van der Waals surface area contributed by atoms with E-state index in [1.54, 1.807) is 0 Å². The smallest absolute Gasteiger partial charge is 0.351 e. The van der Waals surface area contributed by atoms with Crippen LogP contribution in [0.1, 0.15) is 39.0 Å². The van der Waals surface area contributed by atoms with Gasteiger partial charge in [-0.2, -0.15) is 0 Å². The molecule has 20 heavy (non-hydrogen) atoms. The Labute approximate surface area is 114 Å². The van der Waals surface area contributed by atoms with Crippen molar-refractivity contribution >= 4 is 29.6 Å². The van der Waals surface area contributed by atoms with E-state index in [1.165, 1.54) is 6.92 Å². The van der Waals surface area contributed by atoms with Gasteiger partial charge in [-0.05, 0) is 6.42 Å². The normalized spacial score (nSPS) is 20.2. The van der Waals surface area contributed by atoms with E-state index in [-0.39, 0.29) is 32.1 Å². The molecule has 0 unspecified atom stereocenters. The molecule has 2 saturated heterocycles. The van der Waals surface area contributed by atoms with Crippen LogP contribution < -0.4 is 0 Å². The Morgan fingerprint density at radius 2 is 1.25 bits per heavy atom. The quantitative estimate of drug-likeness (QED) is 0.694. The fourth-order valence-corrected chi connectivity index (χ4v) is 2.74. The van der Waals surface area contributed by atoms with E-state index < -0.39 is 35.3 Å². The van der Waals surface area contributed by atoms with Crippen LogP contribution >= 0.6 is 0 Å². The standard InChI is InChI=1S/C12H14N2O6/c1-2-12(11(19)20,13-7(15)3-4-8(13)16)14-9(17)5-6-10(14)18/h2-6H2,1H3,(H,19,20). The number of nitrogens with zero attached hydrogens (tertiary/aromatic N) is 2. The second-order valence-electron chi connectivity index (χ2n) is 4.72.